The second kappa shape index (κ2) is 15.9. The number of pyridine rings is 2. The summed E-state index contributed by atoms with van der Waals surface area (Å²) in [6.07, 6.45) is 5.52. The van der Waals surface area contributed by atoms with Gasteiger partial charge in [0.1, 0.15) is 23.1 Å². The van der Waals surface area contributed by atoms with Crippen LogP contribution in [0.1, 0.15) is 46.5 Å². The van der Waals surface area contributed by atoms with Gasteiger partial charge in [-0.2, -0.15) is 9.97 Å². The molecule has 246 valence electrons. The van der Waals surface area contributed by atoms with E-state index in [-0.39, 0.29) is 24.3 Å². The first-order valence-electron chi connectivity index (χ1n) is 15.3. The number of hydrogen-bond donors (Lipinski definition) is 8. The number of nitrogens with one attached hydrogen (secondary N) is 5. The maximum absolute atomic E-state index is 13.1. The summed E-state index contributed by atoms with van der Waals surface area (Å²) in [6.45, 7) is 6.41. The van der Waals surface area contributed by atoms with Crippen molar-refractivity contribution in [2.75, 3.05) is 47.9 Å². The smallest absolute Gasteiger partial charge is 0.242 e. The maximum Gasteiger partial charge on any atom is 0.242 e. The minimum absolute atomic E-state index is 0.0639. The zero-order chi connectivity index (χ0) is 33.1. The van der Waals surface area contributed by atoms with Crippen molar-refractivity contribution in [3.63, 3.8) is 0 Å². The molecule has 4 heterocycles. The van der Waals surface area contributed by atoms with E-state index in [2.05, 4.69) is 56.5 Å². The number of carbonyl (C=O) groups excluding carboxylic acids is 2. The number of nitrogens with zero attached hydrogens (tertiary/aromatic N) is 6. The zero-order valence-corrected chi connectivity index (χ0v) is 26.4. The molecular weight excluding hydrogens is 590 g/mol. The lowest BCUT2D eigenvalue weighted by atomic mass is 10.1. The fraction of sp³-hybridized carbons (Fsp3) is 0.467. The molecule has 46 heavy (non-hydrogen) atoms. The standard InChI is InChI=1S/C30H43N13O3/c1-4-8-20(27(45)37-17-30(2,3)46)38-25-23-19(10-6-14-34-23)41-29(43-25)36-15-7-11-21(26(44)35-16-12-31)39-24-22-18(9-5-13-33-22)40-28(32)42-24/h5-6,9-10,13-14,20-21,46H,4,7-8,11-12,15-17,31H2,1-3H3,(H,35,44)(H,37,45)(H3,32,39,40,42)(H2,36,38,41,43)/t20-,21-/m0/s1. The van der Waals surface area contributed by atoms with E-state index in [1.54, 1.807) is 44.4 Å². The Balaban J connectivity index is 1.47. The van der Waals surface area contributed by atoms with Gasteiger partial charge in [-0.15, -0.1) is 0 Å². The number of aliphatic hydroxyl groups is 1. The molecule has 2 atom stereocenters. The molecule has 16 heteroatoms. The van der Waals surface area contributed by atoms with Crippen LogP contribution in [-0.4, -0.2) is 90.7 Å². The van der Waals surface area contributed by atoms with Crippen molar-refractivity contribution < 1.29 is 14.7 Å². The highest BCUT2D eigenvalue weighted by Crippen LogP contribution is 2.23. The van der Waals surface area contributed by atoms with Crippen LogP contribution < -0.4 is 38.1 Å². The molecule has 0 unspecified atom stereocenters. The lowest BCUT2D eigenvalue weighted by Gasteiger charge is -2.23. The van der Waals surface area contributed by atoms with Crippen LogP contribution in [0, 0.1) is 0 Å². The van der Waals surface area contributed by atoms with E-state index >= 15 is 0 Å². The summed E-state index contributed by atoms with van der Waals surface area (Å²) in [6, 6.07) is 5.85. The summed E-state index contributed by atoms with van der Waals surface area (Å²) in [4.78, 5) is 52.6. The number of nitrogens with two attached hydrogens (primary N) is 2. The van der Waals surface area contributed by atoms with Crippen LogP contribution in [0.3, 0.4) is 0 Å². The fourth-order valence-electron chi connectivity index (χ4n) is 4.64. The minimum atomic E-state index is -1.04. The van der Waals surface area contributed by atoms with Crippen LogP contribution in [0.2, 0.25) is 0 Å². The molecule has 0 bridgehead atoms. The zero-order valence-electron chi connectivity index (χ0n) is 26.4. The third-order valence-electron chi connectivity index (χ3n) is 6.85. The number of amides is 2. The molecule has 4 aromatic heterocycles. The number of anilines is 4. The summed E-state index contributed by atoms with van der Waals surface area (Å²) in [5.41, 5.74) is 12.7. The van der Waals surface area contributed by atoms with E-state index in [0.29, 0.717) is 78.5 Å². The van der Waals surface area contributed by atoms with Crippen LogP contribution in [0.5, 0.6) is 0 Å². The highest BCUT2D eigenvalue weighted by Gasteiger charge is 2.23. The number of hydrogen-bond acceptors (Lipinski definition) is 14. The molecule has 0 saturated heterocycles. The van der Waals surface area contributed by atoms with Gasteiger partial charge in [0.2, 0.25) is 23.7 Å². The van der Waals surface area contributed by atoms with E-state index in [9.17, 15) is 14.7 Å². The predicted octanol–water partition coefficient (Wildman–Crippen LogP) is 1.16. The summed E-state index contributed by atoms with van der Waals surface area (Å²) >= 11 is 0. The normalized spacial score (nSPS) is 12.8. The molecule has 0 spiro atoms. The average molecular weight is 634 g/mol. The minimum Gasteiger partial charge on any atom is -0.389 e. The Labute approximate surface area is 267 Å². The average Bonchev–Trinajstić information content (AvgIpc) is 3.03. The first-order valence-corrected chi connectivity index (χ1v) is 15.3. The predicted molar refractivity (Wildman–Crippen MR) is 178 cm³/mol. The Morgan fingerprint density at radius 1 is 0.870 bits per heavy atom. The molecule has 4 aromatic rings. The largest absolute Gasteiger partial charge is 0.389 e. The molecule has 0 saturated carbocycles. The Bertz CT molecular complexity index is 1630. The highest BCUT2D eigenvalue weighted by molar-refractivity contribution is 5.91. The van der Waals surface area contributed by atoms with Crippen molar-refractivity contribution >= 4 is 57.4 Å². The molecule has 0 radical (unpaired) electrons. The SMILES string of the molecule is CCC[C@H](Nc1nc(NCCC[C@H](Nc2nc(N)nc3cccnc23)C(=O)NCCN)nc2cccnc12)C(=O)NCC(C)(C)O. The van der Waals surface area contributed by atoms with Crippen LogP contribution in [0.25, 0.3) is 22.1 Å². The molecule has 4 rings (SSSR count). The molecule has 0 fully saturated rings. The Kier molecular flexibility index (Phi) is 11.7. The van der Waals surface area contributed by atoms with E-state index < -0.39 is 17.7 Å². The van der Waals surface area contributed by atoms with E-state index in [0.717, 1.165) is 6.42 Å². The number of aromatic nitrogens is 6. The molecule has 0 aliphatic carbocycles. The van der Waals surface area contributed by atoms with Crippen molar-refractivity contribution in [2.24, 2.45) is 5.73 Å². The van der Waals surface area contributed by atoms with Gasteiger partial charge in [-0.1, -0.05) is 13.3 Å². The second-order valence-electron chi connectivity index (χ2n) is 11.4. The van der Waals surface area contributed by atoms with Crippen molar-refractivity contribution in [1.82, 2.24) is 40.5 Å². The first kappa shape index (κ1) is 33.9. The molecular formula is C30H43N13O3. The van der Waals surface area contributed by atoms with E-state index in [1.165, 1.54) is 0 Å². The van der Waals surface area contributed by atoms with Crippen molar-refractivity contribution in [2.45, 2.75) is 64.1 Å². The van der Waals surface area contributed by atoms with Gasteiger partial charge in [0.05, 0.1) is 16.6 Å². The number of nitrogen functional groups attached to an aromatic ring is 1. The van der Waals surface area contributed by atoms with Gasteiger partial charge >= 0.3 is 0 Å². The van der Waals surface area contributed by atoms with Gasteiger partial charge < -0.3 is 43.2 Å². The molecule has 2 amide bonds. The van der Waals surface area contributed by atoms with Gasteiger partial charge in [-0.25, -0.2) is 9.97 Å². The monoisotopic (exact) mass is 633 g/mol. The summed E-state index contributed by atoms with van der Waals surface area (Å²) in [5.74, 6) is 0.682. The topological polar surface area (TPSA) is 244 Å². The quantitative estimate of drug-likeness (QED) is 0.0761. The Morgan fingerprint density at radius 2 is 1.48 bits per heavy atom. The molecule has 16 nitrogen and oxygen atoms in total. The Hall–Kier alpha value is -4.96. The summed E-state index contributed by atoms with van der Waals surface area (Å²) < 4.78 is 0. The van der Waals surface area contributed by atoms with Crippen molar-refractivity contribution in [3.8, 4) is 0 Å². The number of fused-ring (bicyclic) bond motifs is 2. The molecule has 0 aliphatic rings. The maximum atomic E-state index is 13.1. The van der Waals surface area contributed by atoms with Crippen LogP contribution in [0.4, 0.5) is 23.5 Å². The van der Waals surface area contributed by atoms with Crippen LogP contribution in [-0.2, 0) is 9.59 Å². The molecule has 0 aromatic carbocycles. The van der Waals surface area contributed by atoms with Gasteiger partial charge in [0, 0.05) is 38.6 Å². The van der Waals surface area contributed by atoms with Gasteiger partial charge in [0.15, 0.2) is 11.6 Å². The summed E-state index contributed by atoms with van der Waals surface area (Å²) in [5, 5.41) is 25.4. The van der Waals surface area contributed by atoms with Crippen molar-refractivity contribution in [3.05, 3.63) is 36.7 Å². The second-order valence-corrected chi connectivity index (χ2v) is 11.4. The number of rotatable bonds is 17. The third kappa shape index (κ3) is 9.52. The van der Waals surface area contributed by atoms with Crippen molar-refractivity contribution in [1.29, 1.82) is 0 Å². The first-order chi connectivity index (χ1) is 22.1. The summed E-state index contributed by atoms with van der Waals surface area (Å²) in [7, 11) is 0. The van der Waals surface area contributed by atoms with Gasteiger partial charge in [-0.3, -0.25) is 19.6 Å². The lowest BCUT2D eigenvalue weighted by molar-refractivity contribution is -0.123. The van der Waals surface area contributed by atoms with Gasteiger partial charge in [-0.05, 0) is 57.4 Å². The third-order valence-corrected chi connectivity index (χ3v) is 6.85. The van der Waals surface area contributed by atoms with E-state index in [4.69, 9.17) is 11.5 Å². The fourth-order valence-corrected chi connectivity index (χ4v) is 4.64. The molecule has 10 N–H and O–H groups in total. The lowest BCUT2D eigenvalue weighted by Crippen LogP contribution is -2.45. The molecule has 0 aliphatic heterocycles. The Morgan fingerprint density at radius 3 is 2.11 bits per heavy atom. The van der Waals surface area contributed by atoms with Crippen LogP contribution >= 0.6 is 0 Å². The van der Waals surface area contributed by atoms with Crippen LogP contribution in [0.15, 0.2) is 36.7 Å². The highest BCUT2D eigenvalue weighted by atomic mass is 16.3. The van der Waals surface area contributed by atoms with E-state index in [1.807, 2.05) is 13.0 Å². The van der Waals surface area contributed by atoms with Gasteiger partial charge in [0.25, 0.3) is 0 Å². The number of carbonyl (C=O) groups is 2.